The van der Waals surface area contributed by atoms with Crippen LogP contribution < -0.4 is 14.4 Å². The van der Waals surface area contributed by atoms with Gasteiger partial charge in [-0.25, -0.2) is 8.42 Å². The molecule has 0 fully saturated rings. The molecule has 3 rings (SSSR count). The van der Waals surface area contributed by atoms with Gasteiger partial charge in [-0.3, -0.25) is 13.9 Å². The Kier molecular flexibility index (Phi) is 9.99. The molecule has 10 heteroatoms. The molecule has 39 heavy (non-hydrogen) atoms. The van der Waals surface area contributed by atoms with Crippen LogP contribution in [0.15, 0.2) is 71.6 Å². The van der Waals surface area contributed by atoms with Crippen LogP contribution in [0.5, 0.6) is 5.75 Å². The maximum atomic E-state index is 14.0. The number of halogens is 1. The molecule has 0 heterocycles. The van der Waals surface area contributed by atoms with Crippen molar-refractivity contribution in [1.29, 1.82) is 0 Å². The van der Waals surface area contributed by atoms with Gasteiger partial charge in [0.05, 0.1) is 17.7 Å². The Balaban J connectivity index is 2.11. The van der Waals surface area contributed by atoms with Crippen LogP contribution in [-0.2, 0) is 26.2 Å². The van der Waals surface area contributed by atoms with Crippen LogP contribution in [0.25, 0.3) is 0 Å². The molecule has 2 amide bonds. The number of carbonyl (C=O) groups is 2. The second-order valence-corrected chi connectivity index (χ2v) is 11.5. The van der Waals surface area contributed by atoms with Crippen molar-refractivity contribution >= 4 is 39.1 Å². The van der Waals surface area contributed by atoms with Gasteiger partial charge in [0.2, 0.25) is 11.8 Å². The molecule has 1 N–H and O–H groups in total. The fraction of sp³-hybridized carbons (Fsp3) is 0.310. The van der Waals surface area contributed by atoms with E-state index in [1.807, 2.05) is 38.1 Å². The first kappa shape index (κ1) is 30.0. The Morgan fingerprint density at radius 3 is 2.31 bits per heavy atom. The summed E-state index contributed by atoms with van der Waals surface area (Å²) < 4.78 is 34.4. The van der Waals surface area contributed by atoms with E-state index in [-0.39, 0.29) is 33.8 Å². The fourth-order valence-corrected chi connectivity index (χ4v) is 5.67. The number of hydrogen-bond acceptors (Lipinski definition) is 5. The molecule has 208 valence electrons. The molecule has 0 aliphatic heterocycles. The summed E-state index contributed by atoms with van der Waals surface area (Å²) in [6.07, 6.45) is 0. The molecular weight excluding hydrogens is 538 g/mol. The van der Waals surface area contributed by atoms with Crippen LogP contribution in [0.1, 0.15) is 30.5 Å². The molecular formula is C29H34ClN3O5S. The summed E-state index contributed by atoms with van der Waals surface area (Å²) in [7, 11) is -2.83. The van der Waals surface area contributed by atoms with E-state index in [2.05, 4.69) is 5.32 Å². The minimum Gasteiger partial charge on any atom is -0.495 e. The Bertz CT molecular complexity index is 1430. The second kappa shape index (κ2) is 13.0. The lowest BCUT2D eigenvalue weighted by Crippen LogP contribution is -2.51. The number of ether oxygens (including phenoxy) is 1. The van der Waals surface area contributed by atoms with Gasteiger partial charge in [-0.2, -0.15) is 0 Å². The first-order chi connectivity index (χ1) is 18.5. The summed E-state index contributed by atoms with van der Waals surface area (Å²) in [6.45, 7) is 7.11. The molecule has 1 atom stereocenters. The van der Waals surface area contributed by atoms with Gasteiger partial charge in [-0.1, -0.05) is 53.6 Å². The van der Waals surface area contributed by atoms with E-state index < -0.39 is 28.5 Å². The molecule has 0 bridgehead atoms. The van der Waals surface area contributed by atoms with Crippen molar-refractivity contribution in [1.82, 2.24) is 10.2 Å². The number of amides is 2. The molecule has 0 aromatic heterocycles. The van der Waals surface area contributed by atoms with E-state index in [4.69, 9.17) is 16.3 Å². The first-order valence-corrected chi connectivity index (χ1v) is 14.4. The maximum absolute atomic E-state index is 14.0. The summed E-state index contributed by atoms with van der Waals surface area (Å²) in [4.78, 5) is 28.2. The number of likely N-dealkylation sites (N-methyl/N-ethyl adjacent to an activating group) is 1. The maximum Gasteiger partial charge on any atom is 0.264 e. The number of carbonyl (C=O) groups excluding carboxylic acids is 2. The topological polar surface area (TPSA) is 96.0 Å². The quantitative estimate of drug-likeness (QED) is 0.359. The minimum absolute atomic E-state index is 0.00477. The summed E-state index contributed by atoms with van der Waals surface area (Å²) >= 11 is 6.26. The molecule has 0 spiro atoms. The van der Waals surface area contributed by atoms with Gasteiger partial charge in [0, 0.05) is 18.1 Å². The van der Waals surface area contributed by atoms with Gasteiger partial charge in [-0.15, -0.1) is 0 Å². The predicted octanol–water partition coefficient (Wildman–Crippen LogP) is 4.71. The van der Waals surface area contributed by atoms with Gasteiger partial charge in [-0.05, 0) is 69.2 Å². The van der Waals surface area contributed by atoms with E-state index in [1.165, 1.54) is 30.2 Å². The number of sulfonamides is 1. The number of aryl methyl sites for hydroxylation is 2. The van der Waals surface area contributed by atoms with Crippen molar-refractivity contribution in [3.63, 3.8) is 0 Å². The first-order valence-electron chi connectivity index (χ1n) is 12.5. The Hall–Kier alpha value is -3.56. The van der Waals surface area contributed by atoms with Crippen molar-refractivity contribution < 1.29 is 22.7 Å². The van der Waals surface area contributed by atoms with Crippen molar-refractivity contribution in [3.8, 4) is 5.75 Å². The van der Waals surface area contributed by atoms with E-state index in [0.29, 0.717) is 6.54 Å². The molecule has 0 saturated carbocycles. The van der Waals surface area contributed by atoms with E-state index in [9.17, 15) is 18.0 Å². The summed E-state index contributed by atoms with van der Waals surface area (Å²) in [5.74, 6) is -0.674. The Labute approximate surface area is 235 Å². The average molecular weight is 572 g/mol. The Morgan fingerprint density at radius 1 is 1.03 bits per heavy atom. The lowest BCUT2D eigenvalue weighted by Gasteiger charge is -2.32. The number of nitrogens with zero attached hydrogens (tertiary/aromatic N) is 2. The molecule has 1 unspecified atom stereocenters. The lowest BCUT2D eigenvalue weighted by atomic mass is 10.1. The third kappa shape index (κ3) is 7.10. The zero-order valence-corrected chi connectivity index (χ0v) is 24.3. The second-order valence-electron chi connectivity index (χ2n) is 9.16. The van der Waals surface area contributed by atoms with Gasteiger partial charge >= 0.3 is 0 Å². The highest BCUT2D eigenvalue weighted by Crippen LogP contribution is 2.35. The average Bonchev–Trinajstić information content (AvgIpc) is 2.91. The molecule has 3 aromatic carbocycles. The molecule has 3 aromatic rings. The Morgan fingerprint density at radius 2 is 1.69 bits per heavy atom. The normalized spacial score (nSPS) is 11.9. The van der Waals surface area contributed by atoms with Gasteiger partial charge < -0.3 is 15.0 Å². The SMILES string of the molecule is CCNC(=O)C(C)N(Cc1ccccc1C)C(=O)CN(c1cc(Cl)ccc1OC)S(=O)(=O)c1ccc(C)cc1. The van der Waals surface area contributed by atoms with Crippen LogP contribution in [0.3, 0.4) is 0 Å². The highest BCUT2D eigenvalue weighted by molar-refractivity contribution is 7.92. The third-order valence-corrected chi connectivity index (χ3v) is 8.43. The van der Waals surface area contributed by atoms with Gasteiger partial charge in [0.15, 0.2) is 0 Å². The van der Waals surface area contributed by atoms with Crippen molar-refractivity contribution in [2.45, 2.75) is 45.2 Å². The minimum atomic E-state index is -4.24. The molecule has 0 radical (unpaired) electrons. The van der Waals surface area contributed by atoms with Crippen LogP contribution in [0, 0.1) is 13.8 Å². The van der Waals surface area contributed by atoms with E-state index in [1.54, 1.807) is 38.1 Å². The summed E-state index contributed by atoms with van der Waals surface area (Å²) in [5, 5.41) is 3.02. The van der Waals surface area contributed by atoms with Crippen molar-refractivity contribution in [2.75, 3.05) is 24.5 Å². The number of methoxy groups -OCH3 is 1. The zero-order chi connectivity index (χ0) is 28.7. The lowest BCUT2D eigenvalue weighted by molar-refractivity contribution is -0.139. The highest BCUT2D eigenvalue weighted by Gasteiger charge is 2.34. The summed E-state index contributed by atoms with van der Waals surface area (Å²) in [6, 6.07) is 17.6. The molecule has 0 aliphatic rings. The molecule has 0 saturated heterocycles. The summed E-state index contributed by atoms with van der Waals surface area (Å²) in [5.41, 5.74) is 2.78. The van der Waals surface area contributed by atoms with E-state index in [0.717, 1.165) is 21.0 Å². The monoisotopic (exact) mass is 571 g/mol. The number of anilines is 1. The van der Waals surface area contributed by atoms with Crippen LogP contribution in [0.4, 0.5) is 5.69 Å². The standard InChI is InChI=1S/C29H34ClN3O5S/c1-6-31-29(35)22(4)32(18-23-10-8-7-9-21(23)3)28(34)19-33(26-17-24(30)13-16-27(26)38-5)39(36,37)25-14-11-20(2)12-15-25/h7-17,22H,6,18-19H2,1-5H3,(H,31,35). The number of rotatable bonds is 11. The van der Waals surface area contributed by atoms with E-state index >= 15 is 0 Å². The van der Waals surface area contributed by atoms with Crippen LogP contribution in [-0.4, -0.2) is 51.4 Å². The van der Waals surface area contributed by atoms with Crippen LogP contribution >= 0.6 is 11.6 Å². The van der Waals surface area contributed by atoms with Crippen LogP contribution in [0.2, 0.25) is 5.02 Å². The largest absolute Gasteiger partial charge is 0.495 e. The number of benzene rings is 3. The third-order valence-electron chi connectivity index (χ3n) is 6.42. The number of nitrogens with one attached hydrogen (secondary N) is 1. The van der Waals surface area contributed by atoms with Gasteiger partial charge in [0.25, 0.3) is 10.0 Å². The fourth-order valence-electron chi connectivity index (χ4n) is 4.08. The molecule has 8 nitrogen and oxygen atoms in total. The predicted molar refractivity (Wildman–Crippen MR) is 154 cm³/mol. The zero-order valence-electron chi connectivity index (χ0n) is 22.8. The van der Waals surface area contributed by atoms with Crippen molar-refractivity contribution in [3.05, 3.63) is 88.4 Å². The van der Waals surface area contributed by atoms with Gasteiger partial charge in [0.1, 0.15) is 18.3 Å². The molecule has 0 aliphatic carbocycles. The smallest absolute Gasteiger partial charge is 0.264 e. The van der Waals surface area contributed by atoms with Crippen molar-refractivity contribution in [2.24, 2.45) is 0 Å². The highest BCUT2D eigenvalue weighted by atomic mass is 35.5. The number of hydrogen-bond donors (Lipinski definition) is 1.